The van der Waals surface area contributed by atoms with E-state index in [1.54, 1.807) is 17.1 Å². The van der Waals surface area contributed by atoms with Crippen LogP contribution in [0.3, 0.4) is 0 Å². The van der Waals surface area contributed by atoms with Crippen LogP contribution in [0.25, 0.3) is 16.7 Å². The number of rotatable bonds is 4. The van der Waals surface area contributed by atoms with E-state index in [1.807, 2.05) is 29.8 Å². The van der Waals surface area contributed by atoms with Gasteiger partial charge in [-0.15, -0.1) is 0 Å². The average molecular weight is 461 g/mol. The van der Waals surface area contributed by atoms with Crippen molar-refractivity contribution >= 4 is 37.4 Å². The number of halogens is 1. The summed E-state index contributed by atoms with van der Waals surface area (Å²) in [5, 5.41) is 0. The number of H-pyrrole nitrogens is 1. The van der Waals surface area contributed by atoms with Gasteiger partial charge in [-0.25, -0.2) is 4.98 Å². The molecule has 2 heterocycles. The summed E-state index contributed by atoms with van der Waals surface area (Å²) in [5.41, 5.74) is 1.11. The summed E-state index contributed by atoms with van der Waals surface area (Å²) < 4.78 is 35.8. The molecule has 0 bridgehead atoms. The molecule has 0 saturated heterocycles. The van der Waals surface area contributed by atoms with Crippen molar-refractivity contribution in [3.05, 3.63) is 56.0 Å². The fourth-order valence-electron chi connectivity index (χ4n) is 2.42. The predicted octanol–water partition coefficient (Wildman–Crippen LogP) is 1.79. The lowest BCUT2D eigenvalue weighted by atomic mass is 10.2. The van der Waals surface area contributed by atoms with Crippen molar-refractivity contribution in [2.24, 2.45) is 0 Å². The lowest BCUT2D eigenvalue weighted by Gasteiger charge is -2.12. The molecule has 3 aromatic rings. The lowest BCUT2D eigenvalue weighted by Crippen LogP contribution is -2.36. The Morgan fingerprint density at radius 3 is 2.48 bits per heavy atom. The zero-order valence-electron chi connectivity index (χ0n) is 14.2. The number of benzene rings is 1. The van der Waals surface area contributed by atoms with Gasteiger partial charge < -0.3 is 14.1 Å². The second kappa shape index (κ2) is 8.61. The third-order valence-corrected chi connectivity index (χ3v) is 4.20. The molecule has 0 saturated carbocycles. The van der Waals surface area contributed by atoms with E-state index in [-0.39, 0.29) is 0 Å². The Labute approximate surface area is 162 Å². The van der Waals surface area contributed by atoms with Crippen molar-refractivity contribution in [3.63, 3.8) is 0 Å². The molecule has 0 amide bonds. The number of aromatic amines is 1. The van der Waals surface area contributed by atoms with Crippen molar-refractivity contribution in [2.75, 3.05) is 0 Å². The van der Waals surface area contributed by atoms with E-state index in [2.05, 4.69) is 25.9 Å². The van der Waals surface area contributed by atoms with Crippen LogP contribution in [0.1, 0.15) is 19.8 Å². The molecule has 0 spiro atoms. The summed E-state index contributed by atoms with van der Waals surface area (Å²) in [6.45, 7) is 2.58. The van der Waals surface area contributed by atoms with Crippen LogP contribution in [-0.4, -0.2) is 36.6 Å². The van der Waals surface area contributed by atoms with Crippen LogP contribution in [0.15, 0.2) is 44.9 Å². The maximum atomic E-state index is 12.2. The number of aromatic nitrogens is 4. The number of hydrogen-bond acceptors (Lipinski definition) is 5. The van der Waals surface area contributed by atoms with E-state index in [4.69, 9.17) is 17.5 Å². The molecule has 3 rings (SSSR count). The normalized spacial score (nSPS) is 11.3. The minimum absolute atomic E-state index is 0.514. The topological polar surface area (TPSA) is 147 Å². The maximum Gasteiger partial charge on any atom is 0.394 e. The van der Waals surface area contributed by atoms with Crippen molar-refractivity contribution in [3.8, 4) is 5.69 Å². The van der Waals surface area contributed by atoms with Crippen LogP contribution < -0.4 is 11.1 Å². The molecule has 27 heavy (non-hydrogen) atoms. The summed E-state index contributed by atoms with van der Waals surface area (Å²) >= 11 is 3.50. The first-order valence-corrected chi connectivity index (χ1v) is 9.95. The first-order valence-electron chi connectivity index (χ1n) is 7.76. The highest BCUT2D eigenvalue weighted by molar-refractivity contribution is 9.10. The summed E-state index contributed by atoms with van der Waals surface area (Å²) in [6, 6.07) is 3.70. The Morgan fingerprint density at radius 2 is 1.93 bits per heavy atom. The molecule has 1 aromatic carbocycles. The van der Waals surface area contributed by atoms with Crippen molar-refractivity contribution in [1.82, 2.24) is 19.1 Å². The zero-order valence-corrected chi connectivity index (χ0v) is 16.6. The third-order valence-electron chi connectivity index (χ3n) is 3.56. The molecule has 12 heteroatoms. The van der Waals surface area contributed by atoms with Gasteiger partial charge >= 0.3 is 21.5 Å². The van der Waals surface area contributed by atoms with E-state index < -0.39 is 21.5 Å². The van der Waals surface area contributed by atoms with Gasteiger partial charge in [0.15, 0.2) is 0 Å². The summed E-state index contributed by atoms with van der Waals surface area (Å²) in [4.78, 5) is 30.7. The van der Waals surface area contributed by atoms with Gasteiger partial charge in [0.1, 0.15) is 0 Å². The third kappa shape index (κ3) is 5.60. The van der Waals surface area contributed by atoms with Crippen LogP contribution in [0, 0.1) is 0 Å². The number of unbranched alkanes of at least 4 members (excludes halogenated alkanes) is 1. The minimum Gasteiger partial charge on any atom is -0.316 e. The second-order valence-electron chi connectivity index (χ2n) is 5.50. The molecule has 146 valence electrons. The number of imidazole rings is 1. The van der Waals surface area contributed by atoms with Gasteiger partial charge in [0.25, 0.3) is 0 Å². The lowest BCUT2D eigenvalue weighted by molar-refractivity contribution is 0.381. The Bertz CT molecular complexity index is 1140. The van der Waals surface area contributed by atoms with Crippen LogP contribution in [0.4, 0.5) is 0 Å². The van der Waals surface area contributed by atoms with E-state index in [0.717, 1.165) is 23.0 Å². The van der Waals surface area contributed by atoms with Gasteiger partial charge in [-0.05, 0) is 34.5 Å². The summed E-state index contributed by atoms with van der Waals surface area (Å²) in [5.74, 6) is 0. The molecule has 0 aliphatic heterocycles. The Morgan fingerprint density at radius 1 is 1.26 bits per heavy atom. The standard InChI is InChI=1S/C15H15BrN4O2.H2O4S/c1-2-3-5-20-13-8-12(19-6-4-17-9-19)10(16)7-11(13)18-14(21)15(20)22;1-5(2,3)4/h4,6-9H,2-3,5H2,1H3,(H,18,21);(H2,1,2,3,4). The quantitative estimate of drug-likeness (QED) is 0.396. The summed E-state index contributed by atoms with van der Waals surface area (Å²) in [7, 11) is -4.67. The first kappa shape index (κ1) is 21.0. The SMILES string of the molecule is CCCCn1c(=O)c(=O)[nH]c2cc(Br)c(-n3ccnc3)cc21.O=S(=O)(O)O. The molecule has 3 N–H and O–H groups in total. The molecule has 0 aliphatic rings. The fourth-order valence-corrected chi connectivity index (χ4v) is 2.97. The molecule has 0 fully saturated rings. The number of nitrogens with zero attached hydrogens (tertiary/aromatic N) is 3. The Balaban J connectivity index is 0.000000465. The molecule has 0 radical (unpaired) electrons. The molecule has 2 aromatic heterocycles. The molecule has 10 nitrogen and oxygen atoms in total. The van der Waals surface area contributed by atoms with Crippen LogP contribution in [0.5, 0.6) is 0 Å². The van der Waals surface area contributed by atoms with Gasteiger partial charge in [0, 0.05) is 23.4 Å². The smallest absolute Gasteiger partial charge is 0.316 e. The van der Waals surface area contributed by atoms with Gasteiger partial charge in [-0.1, -0.05) is 13.3 Å². The monoisotopic (exact) mass is 460 g/mol. The van der Waals surface area contributed by atoms with Crippen LogP contribution in [-0.2, 0) is 16.9 Å². The highest BCUT2D eigenvalue weighted by Crippen LogP contribution is 2.25. The van der Waals surface area contributed by atoms with Gasteiger partial charge in [0.2, 0.25) is 0 Å². The Kier molecular flexibility index (Phi) is 6.70. The van der Waals surface area contributed by atoms with Crippen LogP contribution >= 0.6 is 15.9 Å². The van der Waals surface area contributed by atoms with Crippen LogP contribution in [0.2, 0.25) is 0 Å². The number of fused-ring (bicyclic) bond motifs is 1. The van der Waals surface area contributed by atoms with Crippen molar-refractivity contribution in [1.29, 1.82) is 0 Å². The Hall–Kier alpha value is -2.28. The van der Waals surface area contributed by atoms with E-state index in [0.29, 0.717) is 17.6 Å². The predicted molar refractivity (Wildman–Crippen MR) is 103 cm³/mol. The van der Waals surface area contributed by atoms with Gasteiger partial charge in [0.05, 0.1) is 23.0 Å². The molecule has 0 unspecified atom stereocenters. The van der Waals surface area contributed by atoms with E-state index in [9.17, 15) is 9.59 Å². The number of aryl methyl sites for hydroxylation is 1. The highest BCUT2D eigenvalue weighted by atomic mass is 79.9. The fraction of sp³-hybridized carbons (Fsp3) is 0.267. The highest BCUT2D eigenvalue weighted by Gasteiger charge is 2.11. The number of nitrogens with one attached hydrogen (secondary N) is 1. The maximum absolute atomic E-state index is 12.2. The van der Waals surface area contributed by atoms with E-state index >= 15 is 0 Å². The molecular formula is C15H17BrN4O6S. The van der Waals surface area contributed by atoms with Crippen molar-refractivity contribution < 1.29 is 17.5 Å². The average Bonchev–Trinajstić information content (AvgIpc) is 3.08. The first-order chi connectivity index (χ1) is 12.6. The van der Waals surface area contributed by atoms with Crippen molar-refractivity contribution in [2.45, 2.75) is 26.3 Å². The van der Waals surface area contributed by atoms with Gasteiger partial charge in [-0.3, -0.25) is 18.7 Å². The number of hydrogen-bond donors (Lipinski definition) is 3. The minimum atomic E-state index is -4.67. The summed E-state index contributed by atoms with van der Waals surface area (Å²) in [6.07, 6.45) is 6.99. The molecule has 0 aliphatic carbocycles. The van der Waals surface area contributed by atoms with Gasteiger partial charge in [-0.2, -0.15) is 8.42 Å². The molecule has 0 atom stereocenters. The second-order valence-corrected chi connectivity index (χ2v) is 7.25. The van der Waals surface area contributed by atoms with E-state index in [1.165, 1.54) is 0 Å². The zero-order chi connectivity index (χ0) is 20.2. The largest absolute Gasteiger partial charge is 0.394 e. The molecular weight excluding hydrogens is 444 g/mol.